The molecule has 0 saturated heterocycles. The number of aryl methyl sites for hydroxylation is 1. The predicted octanol–water partition coefficient (Wildman–Crippen LogP) is 2.52. The summed E-state index contributed by atoms with van der Waals surface area (Å²) in [6.07, 6.45) is 2.58. The number of carbonyl (C=O) groups is 1. The number of nitrogens with one attached hydrogen (secondary N) is 1. The van der Waals surface area contributed by atoms with Crippen LogP contribution in [0.2, 0.25) is 0 Å². The zero-order valence-electron chi connectivity index (χ0n) is 13.0. The van der Waals surface area contributed by atoms with E-state index in [0.29, 0.717) is 5.76 Å². The van der Waals surface area contributed by atoms with E-state index in [1.165, 1.54) is 0 Å². The molecule has 5 heteroatoms. The molecule has 1 aromatic carbocycles. The first kappa shape index (κ1) is 16.4. The number of para-hydroxylation sites is 1. The van der Waals surface area contributed by atoms with Crippen LogP contribution in [0.4, 0.5) is 0 Å². The van der Waals surface area contributed by atoms with E-state index >= 15 is 0 Å². The van der Waals surface area contributed by atoms with Crippen molar-refractivity contribution in [1.82, 2.24) is 10.5 Å². The topological polar surface area (TPSA) is 64.4 Å². The Morgan fingerprint density at radius 1 is 1.43 bits per heavy atom. The molecule has 23 heavy (non-hydrogen) atoms. The highest BCUT2D eigenvalue weighted by atomic mass is 16.5. The van der Waals surface area contributed by atoms with Crippen LogP contribution in [0.15, 0.2) is 47.5 Å². The average Bonchev–Trinajstić information content (AvgIpc) is 2.99. The van der Waals surface area contributed by atoms with Gasteiger partial charge in [0.05, 0.1) is 6.54 Å². The largest absolute Gasteiger partial charge is 0.481 e. The van der Waals surface area contributed by atoms with Crippen LogP contribution in [-0.4, -0.2) is 24.2 Å². The third-order valence-corrected chi connectivity index (χ3v) is 2.96. The van der Waals surface area contributed by atoms with Crippen molar-refractivity contribution in [3.8, 4) is 17.6 Å². The number of hydrogen-bond donors (Lipinski definition) is 1. The molecular weight excluding hydrogens is 292 g/mol. The predicted molar refractivity (Wildman–Crippen MR) is 87.2 cm³/mol. The number of ether oxygens (including phenoxy) is 1. The van der Waals surface area contributed by atoms with Gasteiger partial charge in [0.15, 0.2) is 5.69 Å². The van der Waals surface area contributed by atoms with E-state index in [4.69, 9.17) is 9.26 Å². The highest BCUT2D eigenvalue weighted by Gasteiger charge is 2.08. The Bertz CT molecular complexity index is 738. The van der Waals surface area contributed by atoms with E-state index in [1.807, 2.05) is 30.3 Å². The molecule has 2 aromatic rings. The molecule has 1 N–H and O–H groups in total. The zero-order chi connectivity index (χ0) is 16.5. The van der Waals surface area contributed by atoms with Crippen molar-refractivity contribution >= 4 is 5.91 Å². The maximum atomic E-state index is 11.7. The van der Waals surface area contributed by atoms with Gasteiger partial charge in [0.25, 0.3) is 5.91 Å². The number of nitrogens with zero attached hydrogens (tertiary/aromatic N) is 1. The molecule has 1 amide bonds. The lowest BCUT2D eigenvalue weighted by atomic mass is 10.1. The number of benzene rings is 1. The lowest BCUT2D eigenvalue weighted by molar-refractivity contribution is 0.0949. The van der Waals surface area contributed by atoms with Gasteiger partial charge in [-0.1, -0.05) is 41.3 Å². The smallest absolute Gasteiger partial charge is 0.274 e. The van der Waals surface area contributed by atoms with Crippen LogP contribution in [0.3, 0.4) is 0 Å². The van der Waals surface area contributed by atoms with Crippen LogP contribution < -0.4 is 10.1 Å². The molecule has 0 saturated carbocycles. The minimum Gasteiger partial charge on any atom is -0.481 e. The van der Waals surface area contributed by atoms with Crippen molar-refractivity contribution in [1.29, 1.82) is 0 Å². The molecule has 0 aliphatic heterocycles. The maximum Gasteiger partial charge on any atom is 0.274 e. The van der Waals surface area contributed by atoms with Gasteiger partial charge in [-0.3, -0.25) is 4.79 Å². The summed E-state index contributed by atoms with van der Waals surface area (Å²) >= 11 is 0. The van der Waals surface area contributed by atoms with E-state index in [0.717, 1.165) is 17.7 Å². The molecule has 1 aromatic heterocycles. The number of amides is 1. The van der Waals surface area contributed by atoms with E-state index in [9.17, 15) is 4.79 Å². The molecule has 1 heterocycles. The van der Waals surface area contributed by atoms with Gasteiger partial charge in [0.2, 0.25) is 0 Å². The molecule has 0 fully saturated rings. The number of rotatable bonds is 6. The second-order valence-electron chi connectivity index (χ2n) is 4.75. The van der Waals surface area contributed by atoms with Crippen LogP contribution in [0.5, 0.6) is 5.75 Å². The SMILES string of the molecule is C=CCc1ccccc1OCC#CCNC(=O)c1cc(C)on1. The minimum atomic E-state index is -0.312. The first-order chi connectivity index (χ1) is 11.2. The van der Waals surface area contributed by atoms with Crippen molar-refractivity contribution < 1.29 is 14.1 Å². The number of allylic oxidation sites excluding steroid dienone is 1. The van der Waals surface area contributed by atoms with Crippen molar-refractivity contribution in [2.24, 2.45) is 0 Å². The zero-order valence-corrected chi connectivity index (χ0v) is 13.0. The second-order valence-corrected chi connectivity index (χ2v) is 4.75. The highest BCUT2D eigenvalue weighted by molar-refractivity contribution is 5.92. The first-order valence-corrected chi connectivity index (χ1v) is 7.19. The van der Waals surface area contributed by atoms with E-state index in [2.05, 4.69) is 28.9 Å². The summed E-state index contributed by atoms with van der Waals surface area (Å²) in [4.78, 5) is 11.7. The van der Waals surface area contributed by atoms with E-state index in [1.54, 1.807) is 13.0 Å². The minimum absolute atomic E-state index is 0.225. The fraction of sp³-hybridized carbons (Fsp3) is 0.222. The van der Waals surface area contributed by atoms with Crippen molar-refractivity contribution in [2.75, 3.05) is 13.2 Å². The quantitative estimate of drug-likeness (QED) is 0.658. The van der Waals surface area contributed by atoms with Crippen LogP contribution in [0.1, 0.15) is 21.8 Å². The summed E-state index contributed by atoms with van der Waals surface area (Å²) in [7, 11) is 0. The van der Waals surface area contributed by atoms with Gasteiger partial charge < -0.3 is 14.6 Å². The number of hydrogen-bond acceptors (Lipinski definition) is 4. The molecule has 0 radical (unpaired) electrons. The molecule has 118 valence electrons. The van der Waals surface area contributed by atoms with Crippen molar-refractivity contribution in [2.45, 2.75) is 13.3 Å². The fourth-order valence-electron chi connectivity index (χ4n) is 1.88. The molecule has 0 spiro atoms. The summed E-state index contributed by atoms with van der Waals surface area (Å²) < 4.78 is 10.5. The third-order valence-electron chi connectivity index (χ3n) is 2.96. The molecular formula is C18H18N2O3. The van der Waals surface area contributed by atoms with E-state index < -0.39 is 0 Å². The normalized spacial score (nSPS) is 9.61. The molecule has 0 aliphatic rings. The summed E-state index contributed by atoms with van der Waals surface area (Å²) in [5, 5.41) is 6.27. The van der Waals surface area contributed by atoms with Crippen molar-refractivity contribution in [3.63, 3.8) is 0 Å². The lowest BCUT2D eigenvalue weighted by Crippen LogP contribution is -2.23. The standard InChI is InChI=1S/C18H18N2O3/c1-3-8-15-9-4-5-10-17(15)22-12-7-6-11-19-18(21)16-13-14(2)23-20-16/h3-5,9-10,13H,1,8,11-12H2,2H3,(H,19,21). The average molecular weight is 310 g/mol. The summed E-state index contributed by atoms with van der Waals surface area (Å²) in [5.74, 6) is 6.76. The van der Waals surface area contributed by atoms with Crippen LogP contribution in [-0.2, 0) is 6.42 Å². The highest BCUT2D eigenvalue weighted by Crippen LogP contribution is 2.18. The molecule has 0 bridgehead atoms. The fourth-order valence-corrected chi connectivity index (χ4v) is 1.88. The van der Waals surface area contributed by atoms with E-state index in [-0.39, 0.29) is 24.8 Å². The molecule has 2 rings (SSSR count). The summed E-state index contributed by atoms with van der Waals surface area (Å²) in [6, 6.07) is 9.33. The maximum absolute atomic E-state index is 11.7. The Kier molecular flexibility index (Phi) is 6.01. The summed E-state index contributed by atoms with van der Waals surface area (Å²) in [6.45, 7) is 5.93. The van der Waals surface area contributed by atoms with Gasteiger partial charge >= 0.3 is 0 Å². The summed E-state index contributed by atoms with van der Waals surface area (Å²) in [5.41, 5.74) is 1.32. The third kappa shape index (κ3) is 5.04. The monoisotopic (exact) mass is 310 g/mol. The Labute approximate surface area is 135 Å². The van der Waals surface area contributed by atoms with Gasteiger partial charge in [-0.15, -0.1) is 6.58 Å². The molecule has 0 aliphatic carbocycles. The number of aromatic nitrogens is 1. The second kappa shape index (κ2) is 8.44. The van der Waals surface area contributed by atoms with Gasteiger partial charge in [0.1, 0.15) is 18.1 Å². The Morgan fingerprint density at radius 3 is 3.00 bits per heavy atom. The first-order valence-electron chi connectivity index (χ1n) is 7.19. The molecule has 0 atom stereocenters. The van der Waals surface area contributed by atoms with Crippen LogP contribution in [0, 0.1) is 18.8 Å². The van der Waals surface area contributed by atoms with Gasteiger partial charge in [-0.25, -0.2) is 0 Å². The van der Waals surface area contributed by atoms with Gasteiger partial charge in [-0.2, -0.15) is 0 Å². The molecule has 0 unspecified atom stereocenters. The van der Waals surface area contributed by atoms with Crippen LogP contribution in [0.25, 0.3) is 0 Å². The Morgan fingerprint density at radius 2 is 2.26 bits per heavy atom. The Hall–Kier alpha value is -3.00. The Balaban J connectivity index is 1.76. The lowest BCUT2D eigenvalue weighted by Gasteiger charge is -2.07. The van der Waals surface area contributed by atoms with Gasteiger partial charge in [0, 0.05) is 6.07 Å². The molecule has 5 nitrogen and oxygen atoms in total. The number of carbonyl (C=O) groups excluding carboxylic acids is 1. The van der Waals surface area contributed by atoms with Gasteiger partial charge in [-0.05, 0) is 25.0 Å². The van der Waals surface area contributed by atoms with Crippen LogP contribution >= 0.6 is 0 Å². The van der Waals surface area contributed by atoms with Crippen molar-refractivity contribution in [3.05, 3.63) is 60.0 Å².